The second-order valence-electron chi connectivity index (χ2n) is 6.09. The van der Waals surface area contributed by atoms with Crippen molar-refractivity contribution in [1.82, 2.24) is 0 Å². The Labute approximate surface area is 133 Å². The summed E-state index contributed by atoms with van der Waals surface area (Å²) in [7, 11) is 0. The zero-order chi connectivity index (χ0) is 16.8. The summed E-state index contributed by atoms with van der Waals surface area (Å²) in [5.41, 5.74) is 1.18. The lowest BCUT2D eigenvalue weighted by Crippen LogP contribution is -2.44. The Morgan fingerprint density at radius 1 is 1.17 bits per heavy atom. The summed E-state index contributed by atoms with van der Waals surface area (Å²) in [6, 6.07) is 12.7. The number of non-ortho nitro benzene ring substituents is 1. The number of nitrogens with zero attached hydrogens (tertiary/aromatic N) is 2. The van der Waals surface area contributed by atoms with Crippen LogP contribution < -0.4 is 4.90 Å². The monoisotopic (exact) mass is 312 g/mol. The molecule has 0 radical (unpaired) electrons. The quantitative estimate of drug-likeness (QED) is 0.682. The first-order chi connectivity index (χ1) is 10.8. The Bertz CT molecular complexity index is 783. The number of hydrogen-bond donors (Lipinski definition) is 1. The van der Waals surface area contributed by atoms with E-state index >= 15 is 0 Å². The summed E-state index contributed by atoms with van der Waals surface area (Å²) in [4.78, 5) is 24.3. The predicted molar refractivity (Wildman–Crippen MR) is 85.4 cm³/mol. The van der Waals surface area contributed by atoms with E-state index in [0.29, 0.717) is 11.3 Å². The zero-order valence-electron chi connectivity index (χ0n) is 12.8. The van der Waals surface area contributed by atoms with Gasteiger partial charge in [-0.05, 0) is 23.8 Å². The molecule has 118 valence electrons. The third-order valence-corrected chi connectivity index (χ3v) is 4.29. The van der Waals surface area contributed by atoms with Crippen molar-refractivity contribution in [2.45, 2.75) is 25.5 Å². The van der Waals surface area contributed by atoms with Crippen molar-refractivity contribution in [3.63, 3.8) is 0 Å². The van der Waals surface area contributed by atoms with Crippen LogP contribution in [0.3, 0.4) is 0 Å². The van der Waals surface area contributed by atoms with Crippen molar-refractivity contribution < 1.29 is 14.8 Å². The van der Waals surface area contributed by atoms with Crippen LogP contribution in [0.5, 0.6) is 0 Å². The second kappa shape index (κ2) is 5.17. The summed E-state index contributed by atoms with van der Waals surface area (Å²) in [6.45, 7) is 3.75. The molecule has 6 nitrogen and oxygen atoms in total. The number of carbonyl (C=O) groups excluding carboxylic acids is 1. The minimum atomic E-state index is -0.998. The van der Waals surface area contributed by atoms with Gasteiger partial charge < -0.3 is 5.11 Å². The molecule has 0 saturated heterocycles. The normalized spacial score (nSPS) is 18.6. The number of rotatable bonds is 2. The van der Waals surface area contributed by atoms with Crippen LogP contribution in [-0.2, 0) is 5.41 Å². The Morgan fingerprint density at radius 2 is 1.78 bits per heavy atom. The number of carbonyl (C=O) groups is 1. The highest BCUT2D eigenvalue weighted by Crippen LogP contribution is 2.44. The number of para-hydroxylation sites is 1. The number of nitro groups is 1. The van der Waals surface area contributed by atoms with Crippen LogP contribution in [0.2, 0.25) is 0 Å². The van der Waals surface area contributed by atoms with E-state index in [9.17, 15) is 20.0 Å². The average molecular weight is 312 g/mol. The smallest absolute Gasteiger partial charge is 0.269 e. The van der Waals surface area contributed by atoms with Crippen LogP contribution in [0.15, 0.2) is 48.5 Å². The largest absolute Gasteiger partial charge is 0.372 e. The number of benzene rings is 2. The van der Waals surface area contributed by atoms with Gasteiger partial charge in [0.05, 0.1) is 10.6 Å². The Morgan fingerprint density at radius 3 is 2.39 bits per heavy atom. The molecule has 0 fully saturated rings. The Balaban J connectivity index is 2.01. The molecule has 2 aromatic rings. The summed E-state index contributed by atoms with van der Waals surface area (Å²) in [5.74, 6) is -0.384. The number of hydrogen-bond acceptors (Lipinski definition) is 4. The maximum atomic E-state index is 12.8. The standard InChI is InChI=1S/C17H16N2O4/c1-17(2)13-5-3-4-6-14(13)18(16(17)21)15(20)11-7-9-12(10-8-11)19(22)23/h3-10,16,21H,1-2H3/t16-/m1/s1. The van der Waals surface area contributed by atoms with Crippen LogP contribution in [-0.4, -0.2) is 22.2 Å². The van der Waals surface area contributed by atoms with E-state index in [-0.39, 0.29) is 11.6 Å². The minimum absolute atomic E-state index is 0.0794. The van der Waals surface area contributed by atoms with Crippen LogP contribution in [0, 0.1) is 10.1 Å². The fourth-order valence-corrected chi connectivity index (χ4v) is 2.91. The fourth-order valence-electron chi connectivity index (χ4n) is 2.91. The van der Waals surface area contributed by atoms with Gasteiger partial charge in [0.1, 0.15) is 6.23 Å². The molecule has 0 aliphatic carbocycles. The lowest BCUT2D eigenvalue weighted by Gasteiger charge is -2.28. The summed E-state index contributed by atoms with van der Waals surface area (Å²) < 4.78 is 0. The van der Waals surface area contributed by atoms with E-state index in [2.05, 4.69) is 0 Å². The van der Waals surface area contributed by atoms with Crippen molar-refractivity contribution in [2.75, 3.05) is 4.90 Å². The van der Waals surface area contributed by atoms with Crippen LogP contribution in [0.4, 0.5) is 11.4 Å². The number of fused-ring (bicyclic) bond motifs is 1. The molecule has 1 aliphatic heterocycles. The summed E-state index contributed by atoms with van der Waals surface area (Å²) in [6.07, 6.45) is -0.998. The van der Waals surface area contributed by atoms with Crippen LogP contribution >= 0.6 is 0 Å². The molecule has 1 aliphatic rings. The molecule has 6 heteroatoms. The number of aliphatic hydroxyl groups is 1. The molecule has 2 aromatic carbocycles. The van der Waals surface area contributed by atoms with Gasteiger partial charge in [-0.3, -0.25) is 19.8 Å². The third kappa shape index (κ3) is 2.27. The van der Waals surface area contributed by atoms with E-state index in [1.807, 2.05) is 32.0 Å². The molecular weight excluding hydrogens is 296 g/mol. The highest BCUT2D eigenvalue weighted by atomic mass is 16.6. The molecule has 1 amide bonds. The number of anilines is 1. The van der Waals surface area contributed by atoms with E-state index in [1.165, 1.54) is 29.2 Å². The minimum Gasteiger partial charge on any atom is -0.372 e. The molecular formula is C17H16N2O4. The van der Waals surface area contributed by atoms with Gasteiger partial charge in [-0.15, -0.1) is 0 Å². The third-order valence-electron chi connectivity index (χ3n) is 4.29. The van der Waals surface area contributed by atoms with E-state index in [4.69, 9.17) is 0 Å². The molecule has 3 rings (SSSR count). The van der Waals surface area contributed by atoms with E-state index in [1.54, 1.807) is 6.07 Å². The van der Waals surface area contributed by atoms with Gasteiger partial charge in [0, 0.05) is 23.1 Å². The van der Waals surface area contributed by atoms with Crippen molar-refractivity contribution in [3.8, 4) is 0 Å². The molecule has 1 atom stereocenters. The van der Waals surface area contributed by atoms with E-state index in [0.717, 1.165) is 5.56 Å². The highest BCUT2D eigenvalue weighted by molar-refractivity contribution is 6.08. The van der Waals surface area contributed by atoms with Gasteiger partial charge in [0.15, 0.2) is 0 Å². The first-order valence-corrected chi connectivity index (χ1v) is 7.19. The molecule has 0 bridgehead atoms. The maximum absolute atomic E-state index is 12.8. The Hall–Kier alpha value is -2.73. The molecule has 1 N–H and O–H groups in total. The summed E-state index contributed by atoms with van der Waals surface area (Å²) in [5, 5.41) is 21.3. The first kappa shape index (κ1) is 15.2. The molecule has 0 saturated carbocycles. The molecule has 23 heavy (non-hydrogen) atoms. The zero-order valence-corrected chi connectivity index (χ0v) is 12.8. The second-order valence-corrected chi connectivity index (χ2v) is 6.09. The predicted octanol–water partition coefficient (Wildman–Crippen LogP) is 2.85. The van der Waals surface area contributed by atoms with Gasteiger partial charge in [-0.25, -0.2) is 0 Å². The lowest BCUT2D eigenvalue weighted by molar-refractivity contribution is -0.384. The van der Waals surface area contributed by atoms with Gasteiger partial charge in [-0.2, -0.15) is 0 Å². The van der Waals surface area contributed by atoms with Gasteiger partial charge >= 0.3 is 0 Å². The van der Waals surface area contributed by atoms with Crippen molar-refractivity contribution in [2.24, 2.45) is 0 Å². The molecule has 0 aromatic heterocycles. The topological polar surface area (TPSA) is 83.7 Å². The number of amides is 1. The average Bonchev–Trinajstić information content (AvgIpc) is 2.74. The van der Waals surface area contributed by atoms with Crippen LogP contribution in [0.25, 0.3) is 0 Å². The number of nitro benzene ring substituents is 1. The lowest BCUT2D eigenvalue weighted by atomic mass is 9.85. The first-order valence-electron chi connectivity index (χ1n) is 7.19. The van der Waals surface area contributed by atoms with Crippen molar-refractivity contribution in [1.29, 1.82) is 0 Å². The van der Waals surface area contributed by atoms with Gasteiger partial charge in [-0.1, -0.05) is 32.0 Å². The van der Waals surface area contributed by atoms with Crippen molar-refractivity contribution >= 4 is 17.3 Å². The van der Waals surface area contributed by atoms with E-state index < -0.39 is 16.6 Å². The summed E-state index contributed by atoms with van der Waals surface area (Å²) >= 11 is 0. The van der Waals surface area contributed by atoms with Gasteiger partial charge in [0.25, 0.3) is 11.6 Å². The molecule has 1 heterocycles. The fraction of sp³-hybridized carbons (Fsp3) is 0.235. The number of aliphatic hydroxyl groups excluding tert-OH is 1. The molecule has 0 unspecified atom stereocenters. The maximum Gasteiger partial charge on any atom is 0.269 e. The van der Waals surface area contributed by atoms with Crippen molar-refractivity contribution in [3.05, 3.63) is 69.8 Å². The SMILES string of the molecule is CC1(C)c2ccccc2N(C(=O)c2ccc([N+](=O)[O-])cc2)[C@@H]1O. The Kier molecular flexibility index (Phi) is 3.41. The van der Waals surface area contributed by atoms with Gasteiger partial charge in [0.2, 0.25) is 0 Å². The molecule has 0 spiro atoms. The highest BCUT2D eigenvalue weighted by Gasteiger charge is 2.46. The van der Waals surface area contributed by atoms with Crippen LogP contribution in [0.1, 0.15) is 29.8 Å².